The standard InChI is InChI=1S/C14H23NO3S/c1-3-12(16)9-19-10-13(17)5-4-6-15-8-11(2)7-14(15)18/h11H,3-10H2,1-2H3/t11-/m0/s1. The summed E-state index contributed by atoms with van der Waals surface area (Å²) in [4.78, 5) is 36.1. The van der Waals surface area contributed by atoms with Gasteiger partial charge < -0.3 is 4.90 Å². The molecule has 0 saturated carbocycles. The largest absolute Gasteiger partial charge is 0.342 e. The van der Waals surface area contributed by atoms with E-state index in [0.29, 0.717) is 43.2 Å². The van der Waals surface area contributed by atoms with E-state index >= 15 is 0 Å². The molecule has 1 saturated heterocycles. The lowest BCUT2D eigenvalue weighted by molar-refractivity contribution is -0.128. The third kappa shape index (κ3) is 6.23. The third-order valence-corrected chi connectivity index (χ3v) is 4.26. The number of rotatable bonds is 9. The van der Waals surface area contributed by atoms with Gasteiger partial charge in [-0.15, -0.1) is 11.8 Å². The molecule has 0 aromatic carbocycles. The van der Waals surface area contributed by atoms with Crippen molar-refractivity contribution in [3.05, 3.63) is 0 Å². The number of carbonyl (C=O) groups is 3. The maximum absolute atomic E-state index is 11.6. The van der Waals surface area contributed by atoms with Crippen molar-refractivity contribution in [2.45, 2.75) is 39.5 Å². The van der Waals surface area contributed by atoms with Gasteiger partial charge in [0.2, 0.25) is 5.91 Å². The minimum atomic E-state index is 0.175. The Balaban J connectivity index is 2.07. The molecular formula is C14H23NO3S. The first-order valence-electron chi connectivity index (χ1n) is 6.91. The maximum atomic E-state index is 11.6. The number of hydrogen-bond donors (Lipinski definition) is 0. The minimum Gasteiger partial charge on any atom is -0.342 e. The Morgan fingerprint density at radius 1 is 1.32 bits per heavy atom. The first-order valence-corrected chi connectivity index (χ1v) is 8.07. The second kappa shape index (κ2) is 8.35. The Bertz CT molecular complexity index is 344. The lowest BCUT2D eigenvalue weighted by Gasteiger charge is -2.15. The van der Waals surface area contributed by atoms with Gasteiger partial charge in [0.1, 0.15) is 11.6 Å². The Kier molecular flexibility index (Phi) is 7.13. The molecule has 4 nitrogen and oxygen atoms in total. The molecule has 1 aliphatic rings. The van der Waals surface area contributed by atoms with Gasteiger partial charge >= 0.3 is 0 Å². The van der Waals surface area contributed by atoms with Crippen molar-refractivity contribution >= 4 is 29.2 Å². The molecular weight excluding hydrogens is 262 g/mol. The summed E-state index contributed by atoms with van der Waals surface area (Å²) in [6.45, 7) is 5.42. The maximum Gasteiger partial charge on any atom is 0.222 e. The molecule has 0 N–H and O–H groups in total. The van der Waals surface area contributed by atoms with E-state index in [1.807, 2.05) is 11.8 Å². The highest BCUT2D eigenvalue weighted by molar-refractivity contribution is 8.00. The second-order valence-corrected chi connectivity index (χ2v) is 6.16. The Morgan fingerprint density at radius 3 is 2.58 bits per heavy atom. The number of likely N-dealkylation sites (tertiary alicyclic amines) is 1. The molecule has 0 bridgehead atoms. The molecule has 5 heteroatoms. The molecule has 1 rings (SSSR count). The fourth-order valence-corrected chi connectivity index (χ4v) is 3.01. The van der Waals surface area contributed by atoms with Gasteiger partial charge in [-0.3, -0.25) is 14.4 Å². The predicted molar refractivity (Wildman–Crippen MR) is 77.2 cm³/mol. The number of ketones is 2. The van der Waals surface area contributed by atoms with E-state index in [0.717, 1.165) is 13.0 Å². The van der Waals surface area contributed by atoms with Crippen LogP contribution in [0.15, 0.2) is 0 Å². The van der Waals surface area contributed by atoms with Gasteiger partial charge in [-0.1, -0.05) is 13.8 Å². The van der Waals surface area contributed by atoms with E-state index in [4.69, 9.17) is 0 Å². The number of nitrogens with zero attached hydrogens (tertiary/aromatic N) is 1. The van der Waals surface area contributed by atoms with Crippen LogP contribution in [-0.4, -0.2) is 47.0 Å². The summed E-state index contributed by atoms with van der Waals surface area (Å²) in [5.41, 5.74) is 0. The third-order valence-electron chi connectivity index (χ3n) is 3.21. The summed E-state index contributed by atoms with van der Waals surface area (Å²) in [5.74, 6) is 1.87. The van der Waals surface area contributed by atoms with Crippen LogP contribution in [0.4, 0.5) is 0 Å². The average molecular weight is 285 g/mol. The molecule has 19 heavy (non-hydrogen) atoms. The van der Waals surface area contributed by atoms with Crippen molar-refractivity contribution in [3.8, 4) is 0 Å². The van der Waals surface area contributed by atoms with Gasteiger partial charge in [-0.2, -0.15) is 0 Å². The van der Waals surface area contributed by atoms with Gasteiger partial charge in [0.15, 0.2) is 0 Å². The van der Waals surface area contributed by atoms with Crippen LogP contribution in [-0.2, 0) is 14.4 Å². The van der Waals surface area contributed by atoms with Gasteiger partial charge in [0.25, 0.3) is 0 Å². The van der Waals surface area contributed by atoms with Crippen LogP contribution in [0.2, 0.25) is 0 Å². The number of thioether (sulfide) groups is 1. The van der Waals surface area contributed by atoms with Gasteiger partial charge in [0.05, 0.1) is 11.5 Å². The Morgan fingerprint density at radius 2 is 2.00 bits per heavy atom. The van der Waals surface area contributed by atoms with Crippen LogP contribution in [0, 0.1) is 5.92 Å². The predicted octanol–water partition coefficient (Wildman–Crippen LogP) is 1.92. The van der Waals surface area contributed by atoms with Crippen LogP contribution in [0.1, 0.15) is 39.5 Å². The van der Waals surface area contributed by atoms with E-state index in [2.05, 4.69) is 6.92 Å². The molecule has 108 valence electrons. The van der Waals surface area contributed by atoms with E-state index in [1.165, 1.54) is 11.8 Å². The zero-order chi connectivity index (χ0) is 14.3. The van der Waals surface area contributed by atoms with E-state index in [9.17, 15) is 14.4 Å². The normalized spacial score (nSPS) is 18.9. The summed E-state index contributed by atoms with van der Waals surface area (Å²) in [6, 6.07) is 0. The second-order valence-electron chi connectivity index (χ2n) is 5.18. The van der Waals surface area contributed by atoms with Crippen LogP contribution in [0.3, 0.4) is 0 Å². The monoisotopic (exact) mass is 285 g/mol. The average Bonchev–Trinajstić information content (AvgIpc) is 2.67. The number of amides is 1. The fraction of sp³-hybridized carbons (Fsp3) is 0.786. The molecule has 0 unspecified atom stereocenters. The van der Waals surface area contributed by atoms with E-state index in [1.54, 1.807) is 0 Å². The fourth-order valence-electron chi connectivity index (χ4n) is 2.11. The Hall–Kier alpha value is -0.840. The van der Waals surface area contributed by atoms with Crippen LogP contribution in [0.25, 0.3) is 0 Å². The molecule has 1 atom stereocenters. The quantitative estimate of drug-likeness (QED) is 0.649. The molecule has 0 aromatic rings. The first-order chi connectivity index (χ1) is 9.02. The van der Waals surface area contributed by atoms with Gasteiger partial charge in [-0.25, -0.2) is 0 Å². The smallest absolute Gasteiger partial charge is 0.222 e. The number of carbonyl (C=O) groups excluding carboxylic acids is 3. The zero-order valence-electron chi connectivity index (χ0n) is 11.8. The summed E-state index contributed by atoms with van der Waals surface area (Å²) in [5, 5.41) is 0. The van der Waals surface area contributed by atoms with Crippen LogP contribution in [0.5, 0.6) is 0 Å². The highest BCUT2D eigenvalue weighted by atomic mass is 32.2. The highest BCUT2D eigenvalue weighted by Crippen LogP contribution is 2.17. The van der Waals surface area contributed by atoms with Crippen molar-refractivity contribution in [1.82, 2.24) is 4.90 Å². The number of hydrogen-bond acceptors (Lipinski definition) is 4. The van der Waals surface area contributed by atoms with Crippen LogP contribution >= 0.6 is 11.8 Å². The SMILES string of the molecule is CCC(=O)CSCC(=O)CCCN1C[C@@H](C)CC1=O. The van der Waals surface area contributed by atoms with Gasteiger partial charge in [-0.05, 0) is 12.3 Å². The summed E-state index contributed by atoms with van der Waals surface area (Å²) in [6.07, 6.45) is 2.42. The summed E-state index contributed by atoms with van der Waals surface area (Å²) >= 11 is 1.40. The van der Waals surface area contributed by atoms with Crippen molar-refractivity contribution in [2.75, 3.05) is 24.6 Å². The summed E-state index contributed by atoms with van der Waals surface area (Å²) in [7, 11) is 0. The molecule has 0 aliphatic carbocycles. The van der Waals surface area contributed by atoms with Crippen molar-refractivity contribution in [2.24, 2.45) is 5.92 Å². The van der Waals surface area contributed by atoms with Crippen LogP contribution < -0.4 is 0 Å². The molecule has 1 fully saturated rings. The first kappa shape index (κ1) is 16.2. The van der Waals surface area contributed by atoms with Crippen molar-refractivity contribution in [1.29, 1.82) is 0 Å². The summed E-state index contributed by atoms with van der Waals surface area (Å²) < 4.78 is 0. The van der Waals surface area contributed by atoms with Crippen molar-refractivity contribution < 1.29 is 14.4 Å². The molecule has 0 aromatic heterocycles. The lowest BCUT2D eigenvalue weighted by Crippen LogP contribution is -2.26. The zero-order valence-corrected chi connectivity index (χ0v) is 12.6. The molecule has 1 aliphatic heterocycles. The topological polar surface area (TPSA) is 54.5 Å². The Labute approximate surface area is 119 Å². The number of Topliss-reactive ketones (excluding diaryl/α,β-unsaturated/α-hetero) is 2. The lowest BCUT2D eigenvalue weighted by atomic mass is 10.2. The molecule has 0 radical (unpaired) electrons. The molecule has 1 heterocycles. The minimum absolute atomic E-state index is 0.175. The highest BCUT2D eigenvalue weighted by Gasteiger charge is 2.25. The van der Waals surface area contributed by atoms with E-state index < -0.39 is 0 Å². The molecule has 1 amide bonds. The van der Waals surface area contributed by atoms with E-state index in [-0.39, 0.29) is 17.5 Å². The van der Waals surface area contributed by atoms with Gasteiger partial charge in [0, 0.05) is 32.4 Å². The molecule has 0 spiro atoms. The van der Waals surface area contributed by atoms with Crippen molar-refractivity contribution in [3.63, 3.8) is 0 Å².